The Morgan fingerprint density at radius 3 is 2.49 bits per heavy atom. The normalized spacial score (nSPS) is 33.7. The molecule has 0 amide bonds. The molecule has 0 bridgehead atoms. The number of aliphatic hydroxyl groups excluding tert-OH is 2. The molecular formula is C27H40FNO5S. The van der Waals surface area contributed by atoms with Gasteiger partial charge >= 0.3 is 5.97 Å². The van der Waals surface area contributed by atoms with Gasteiger partial charge in [0.1, 0.15) is 18.1 Å². The molecule has 1 aromatic rings. The maximum absolute atomic E-state index is 14.9. The molecule has 0 aliphatic carbocycles. The molecule has 0 saturated heterocycles. The number of nitrogens with zero attached hydrogens (tertiary/aromatic N) is 1. The van der Waals surface area contributed by atoms with E-state index in [0.717, 1.165) is 16.3 Å². The molecule has 2 heterocycles. The number of esters is 1. The molecule has 6 nitrogen and oxygen atoms in total. The Hall–Kier alpha value is -1.90. The Morgan fingerprint density at radius 2 is 1.89 bits per heavy atom. The summed E-state index contributed by atoms with van der Waals surface area (Å²) in [5.74, 6) is -2.07. The van der Waals surface area contributed by atoms with E-state index in [4.69, 9.17) is 4.74 Å². The topological polar surface area (TPSA) is 96.7 Å². The third-order valence-corrected chi connectivity index (χ3v) is 7.95. The standard InChI is InChI=1S/C27H40FNO5S/c1-15-9-11-22(17(3)12-20-14-35-19(5)29-20)34-24(31)13-23(30)27(6,7)26(33)18(4)25(32)16(2)8-10-21(15)28/h9,12,14,16,18,21-23,25,30,32H,8,10-11,13H2,1-7H3/b15-9-,17-12+/t16-,18-,21-,22-,23+,25-/m1/s1. The van der Waals surface area contributed by atoms with E-state index in [0.29, 0.717) is 12.0 Å². The molecule has 0 spiro atoms. The molecule has 35 heavy (non-hydrogen) atoms. The van der Waals surface area contributed by atoms with Crippen LogP contribution in [-0.2, 0) is 14.3 Å². The van der Waals surface area contributed by atoms with Crippen LogP contribution in [0.5, 0.6) is 0 Å². The smallest absolute Gasteiger partial charge is 0.309 e. The van der Waals surface area contributed by atoms with E-state index in [9.17, 15) is 24.2 Å². The number of hydrogen-bond acceptors (Lipinski definition) is 7. The van der Waals surface area contributed by atoms with Crippen LogP contribution in [0, 0.1) is 24.2 Å². The van der Waals surface area contributed by atoms with Crippen molar-refractivity contribution in [1.29, 1.82) is 0 Å². The lowest BCUT2D eigenvalue weighted by Gasteiger charge is -2.34. The molecule has 2 rings (SSSR count). The number of ether oxygens (including phenoxy) is 1. The fraction of sp³-hybridized carbons (Fsp3) is 0.667. The summed E-state index contributed by atoms with van der Waals surface area (Å²) in [5, 5.41) is 24.4. The van der Waals surface area contributed by atoms with E-state index in [-0.39, 0.29) is 31.0 Å². The highest BCUT2D eigenvalue weighted by molar-refractivity contribution is 7.09. The Kier molecular flexibility index (Phi) is 10.4. The van der Waals surface area contributed by atoms with E-state index >= 15 is 0 Å². The second kappa shape index (κ2) is 12.4. The zero-order valence-electron chi connectivity index (χ0n) is 21.9. The molecule has 1 aromatic heterocycles. The highest BCUT2D eigenvalue weighted by Crippen LogP contribution is 2.33. The Balaban J connectivity index is 2.38. The number of carbonyl (C=O) groups is 2. The summed E-state index contributed by atoms with van der Waals surface area (Å²) in [6, 6.07) is 0. The van der Waals surface area contributed by atoms with Crippen molar-refractivity contribution in [1.82, 2.24) is 4.98 Å². The molecule has 0 fully saturated rings. The molecule has 0 aromatic carbocycles. The zero-order valence-corrected chi connectivity index (χ0v) is 22.7. The Labute approximate surface area is 212 Å². The van der Waals surface area contributed by atoms with Gasteiger partial charge in [0.25, 0.3) is 0 Å². The number of thiazole rings is 1. The van der Waals surface area contributed by atoms with Gasteiger partial charge in [0.2, 0.25) is 0 Å². The third-order valence-electron chi connectivity index (χ3n) is 7.15. The summed E-state index contributed by atoms with van der Waals surface area (Å²) in [4.78, 5) is 30.4. The van der Waals surface area contributed by atoms with Gasteiger partial charge in [0.15, 0.2) is 0 Å². The lowest BCUT2D eigenvalue weighted by molar-refractivity contribution is -0.154. The van der Waals surface area contributed by atoms with Crippen molar-refractivity contribution in [2.45, 2.75) is 98.6 Å². The average molecular weight is 510 g/mol. The first kappa shape index (κ1) is 29.3. The van der Waals surface area contributed by atoms with Gasteiger partial charge in [-0.2, -0.15) is 0 Å². The van der Waals surface area contributed by atoms with Crippen LogP contribution in [-0.4, -0.2) is 51.4 Å². The predicted molar refractivity (Wildman–Crippen MR) is 137 cm³/mol. The maximum Gasteiger partial charge on any atom is 0.309 e. The number of halogens is 1. The van der Waals surface area contributed by atoms with Crippen LogP contribution >= 0.6 is 11.3 Å². The number of Topliss-reactive ketones (excluding diaryl/α,β-unsaturated/α-hetero) is 1. The van der Waals surface area contributed by atoms with Gasteiger partial charge < -0.3 is 14.9 Å². The number of aliphatic hydroxyl groups is 2. The van der Waals surface area contributed by atoms with Crippen LogP contribution in [0.3, 0.4) is 0 Å². The Morgan fingerprint density at radius 1 is 1.23 bits per heavy atom. The highest BCUT2D eigenvalue weighted by Gasteiger charge is 2.42. The number of carbonyl (C=O) groups excluding carboxylic acids is 2. The molecule has 0 radical (unpaired) electrons. The summed E-state index contributed by atoms with van der Waals surface area (Å²) in [5.41, 5.74) is 0.765. The van der Waals surface area contributed by atoms with E-state index in [1.165, 1.54) is 11.3 Å². The second-order valence-electron chi connectivity index (χ2n) is 10.4. The molecule has 2 N–H and O–H groups in total. The van der Waals surface area contributed by atoms with Crippen LogP contribution in [0.25, 0.3) is 6.08 Å². The quantitative estimate of drug-likeness (QED) is 0.419. The largest absolute Gasteiger partial charge is 0.457 e. The fourth-order valence-corrected chi connectivity index (χ4v) is 4.92. The lowest BCUT2D eigenvalue weighted by Crippen LogP contribution is -2.45. The van der Waals surface area contributed by atoms with Crippen LogP contribution in [0.1, 0.15) is 77.9 Å². The molecule has 8 heteroatoms. The summed E-state index contributed by atoms with van der Waals surface area (Å²) in [6.07, 6.45) is -0.0115. The lowest BCUT2D eigenvalue weighted by atomic mass is 9.73. The molecule has 0 unspecified atom stereocenters. The molecule has 6 atom stereocenters. The Bertz CT molecular complexity index is 953. The van der Waals surface area contributed by atoms with E-state index in [2.05, 4.69) is 4.98 Å². The number of aromatic nitrogens is 1. The monoisotopic (exact) mass is 509 g/mol. The summed E-state index contributed by atoms with van der Waals surface area (Å²) in [7, 11) is 0. The van der Waals surface area contributed by atoms with Crippen molar-refractivity contribution in [2.24, 2.45) is 17.3 Å². The minimum atomic E-state index is -1.28. The van der Waals surface area contributed by atoms with Crippen molar-refractivity contribution in [2.75, 3.05) is 0 Å². The first-order chi connectivity index (χ1) is 16.2. The number of ketones is 1. The first-order valence-electron chi connectivity index (χ1n) is 12.2. The summed E-state index contributed by atoms with van der Waals surface area (Å²) >= 11 is 1.51. The van der Waals surface area contributed by atoms with Gasteiger partial charge in [0, 0.05) is 17.7 Å². The third kappa shape index (κ3) is 7.79. The van der Waals surface area contributed by atoms with Crippen molar-refractivity contribution in [3.8, 4) is 0 Å². The van der Waals surface area contributed by atoms with E-state index < -0.39 is 41.8 Å². The maximum atomic E-state index is 14.9. The van der Waals surface area contributed by atoms with Gasteiger partial charge in [-0.15, -0.1) is 11.3 Å². The minimum Gasteiger partial charge on any atom is -0.457 e. The average Bonchev–Trinajstić information content (AvgIpc) is 3.21. The van der Waals surface area contributed by atoms with Gasteiger partial charge in [-0.25, -0.2) is 9.37 Å². The summed E-state index contributed by atoms with van der Waals surface area (Å²) in [6.45, 7) is 12.0. The van der Waals surface area contributed by atoms with Crippen LogP contribution in [0.15, 0.2) is 22.6 Å². The summed E-state index contributed by atoms with van der Waals surface area (Å²) < 4.78 is 20.6. The number of cyclic esters (lactones) is 1. The van der Waals surface area contributed by atoms with E-state index in [1.54, 1.807) is 40.7 Å². The van der Waals surface area contributed by atoms with Crippen molar-refractivity contribution in [3.05, 3.63) is 33.3 Å². The second-order valence-corrected chi connectivity index (χ2v) is 11.5. The predicted octanol–water partition coefficient (Wildman–Crippen LogP) is 5.21. The van der Waals surface area contributed by atoms with Crippen LogP contribution < -0.4 is 0 Å². The van der Waals surface area contributed by atoms with Crippen molar-refractivity contribution >= 4 is 29.2 Å². The molecule has 0 saturated carbocycles. The number of aryl methyl sites for hydroxylation is 1. The molecule has 1 aliphatic rings. The molecule has 196 valence electrons. The fourth-order valence-electron chi connectivity index (χ4n) is 4.35. The van der Waals surface area contributed by atoms with Crippen LogP contribution in [0.4, 0.5) is 4.39 Å². The first-order valence-corrected chi connectivity index (χ1v) is 13.1. The molecule has 1 aliphatic heterocycles. The van der Waals surface area contributed by atoms with Crippen LogP contribution in [0.2, 0.25) is 0 Å². The number of hydrogen-bond donors (Lipinski definition) is 2. The molecular weight excluding hydrogens is 469 g/mol. The van der Waals surface area contributed by atoms with Crippen molar-refractivity contribution in [3.63, 3.8) is 0 Å². The minimum absolute atomic E-state index is 0.213. The van der Waals surface area contributed by atoms with Crippen molar-refractivity contribution < 1.29 is 28.9 Å². The number of alkyl halides is 1. The zero-order chi connectivity index (χ0) is 26.5. The van der Waals surface area contributed by atoms with E-state index in [1.807, 2.05) is 25.3 Å². The number of rotatable bonds is 2. The number of allylic oxidation sites excluding steroid dienone is 1. The van der Waals surface area contributed by atoms with Gasteiger partial charge in [0.05, 0.1) is 34.7 Å². The van der Waals surface area contributed by atoms with Gasteiger partial charge in [-0.3, -0.25) is 9.59 Å². The highest BCUT2D eigenvalue weighted by atomic mass is 32.1. The van der Waals surface area contributed by atoms with Gasteiger partial charge in [-0.1, -0.05) is 33.8 Å². The SMILES string of the molecule is C/C1=C/C[C@H](/C(C)=C/c2csc(C)n2)OC(=O)C[C@H](O)C(C)(C)C(=O)[C@H](C)[C@H](O)[C@H](C)CC[C@H]1F. The van der Waals surface area contributed by atoms with Gasteiger partial charge in [-0.05, 0) is 56.8 Å².